The van der Waals surface area contributed by atoms with Gasteiger partial charge in [-0.05, 0) is 36.8 Å². The normalized spacial score (nSPS) is 11.0. The van der Waals surface area contributed by atoms with Crippen LogP contribution in [0.5, 0.6) is 11.8 Å². The maximum Gasteiger partial charge on any atom is 0.333 e. The lowest BCUT2D eigenvalue weighted by Crippen LogP contribution is -2.19. The molecule has 3 N–H and O–H groups in total. The number of rotatable bonds is 6. The van der Waals surface area contributed by atoms with E-state index >= 15 is 0 Å². The number of carbonyl (C=O) groups is 2. The van der Waals surface area contributed by atoms with Gasteiger partial charge in [0.05, 0.1) is 0 Å². The van der Waals surface area contributed by atoms with Gasteiger partial charge in [-0.25, -0.2) is 4.79 Å². The first-order chi connectivity index (χ1) is 14.9. The summed E-state index contributed by atoms with van der Waals surface area (Å²) in [6.07, 6.45) is 0.183. The van der Waals surface area contributed by atoms with Gasteiger partial charge in [-0.15, -0.1) is 16.1 Å². The number of hydrogen-bond acceptors (Lipinski definition) is 7. The second-order valence-electron chi connectivity index (χ2n) is 6.85. The van der Waals surface area contributed by atoms with Gasteiger partial charge in [-0.3, -0.25) is 9.59 Å². The lowest BCUT2D eigenvalue weighted by atomic mass is 10.1. The highest BCUT2D eigenvalue weighted by atomic mass is 32.1. The molecule has 4 aromatic rings. The number of amides is 1. The van der Waals surface area contributed by atoms with Crippen LogP contribution in [0.15, 0.2) is 59.4 Å². The van der Waals surface area contributed by atoms with Crippen molar-refractivity contribution in [2.24, 2.45) is 0 Å². The summed E-state index contributed by atoms with van der Waals surface area (Å²) in [5.41, 5.74) is 0.418. The molecule has 158 valence electrons. The van der Waals surface area contributed by atoms with E-state index in [-0.39, 0.29) is 30.6 Å². The fourth-order valence-corrected chi connectivity index (χ4v) is 4.19. The molecule has 31 heavy (non-hydrogen) atoms. The molecular weight excluding hydrogens is 420 g/mol. The van der Waals surface area contributed by atoms with E-state index in [0.717, 1.165) is 9.40 Å². The van der Waals surface area contributed by atoms with Crippen LogP contribution < -0.4 is 15.6 Å². The van der Waals surface area contributed by atoms with Crippen LogP contribution in [-0.4, -0.2) is 26.8 Å². The first kappa shape index (κ1) is 20.4. The summed E-state index contributed by atoms with van der Waals surface area (Å²) in [6, 6.07) is 14.9. The highest BCUT2D eigenvalue weighted by Gasteiger charge is 2.13. The molecule has 0 saturated heterocycles. The summed E-state index contributed by atoms with van der Waals surface area (Å²) in [7, 11) is 0. The fourth-order valence-electron chi connectivity index (χ4n) is 3.14. The van der Waals surface area contributed by atoms with Crippen molar-refractivity contribution >= 4 is 49.1 Å². The minimum atomic E-state index is -0.704. The van der Waals surface area contributed by atoms with Gasteiger partial charge in [-0.2, -0.15) is 0 Å². The molecule has 0 bridgehead atoms. The number of benzene rings is 2. The zero-order chi connectivity index (χ0) is 22.0. The van der Waals surface area contributed by atoms with Crippen molar-refractivity contribution in [1.82, 2.24) is 4.73 Å². The van der Waals surface area contributed by atoms with E-state index in [0.29, 0.717) is 21.2 Å². The Bertz CT molecular complexity index is 1340. The molecule has 1 amide bonds. The van der Waals surface area contributed by atoms with Crippen LogP contribution in [0.25, 0.3) is 20.2 Å². The van der Waals surface area contributed by atoms with Gasteiger partial charge in [0.2, 0.25) is 17.7 Å². The molecule has 0 fully saturated rings. The van der Waals surface area contributed by atoms with Gasteiger partial charge < -0.3 is 20.4 Å². The third kappa shape index (κ3) is 4.36. The van der Waals surface area contributed by atoms with Gasteiger partial charge in [0.15, 0.2) is 5.43 Å². The molecule has 4 rings (SSSR count). The first-order valence-corrected chi connectivity index (χ1v) is 10.3. The molecular formula is C22H18N2O6S. The zero-order valence-corrected chi connectivity index (χ0v) is 17.0. The third-order valence-corrected chi connectivity index (χ3v) is 5.79. The minimum Gasteiger partial charge on any atom is -0.492 e. The van der Waals surface area contributed by atoms with Crippen molar-refractivity contribution in [1.29, 1.82) is 0 Å². The third-order valence-electron chi connectivity index (χ3n) is 4.64. The summed E-state index contributed by atoms with van der Waals surface area (Å²) in [5.74, 6) is -1.84. The largest absolute Gasteiger partial charge is 0.492 e. The minimum absolute atomic E-state index is 0.0569. The van der Waals surface area contributed by atoms with Gasteiger partial charge in [0.25, 0.3) is 0 Å². The molecule has 2 aromatic heterocycles. The maximum absolute atomic E-state index is 12.8. The van der Waals surface area contributed by atoms with E-state index in [1.807, 2.05) is 18.2 Å². The van der Waals surface area contributed by atoms with E-state index in [2.05, 4.69) is 5.32 Å². The summed E-state index contributed by atoms with van der Waals surface area (Å²) < 4.78 is 2.34. The van der Waals surface area contributed by atoms with Crippen molar-refractivity contribution in [3.63, 3.8) is 0 Å². The Morgan fingerprint density at radius 3 is 2.42 bits per heavy atom. The number of nitrogens with zero attached hydrogens (tertiary/aromatic N) is 1. The molecule has 9 heteroatoms. The standard InChI is InChI=1S/C22H18N2O6S/c25-18(6-3-7-21(28)30-24-19(26)10-11-20(24)27)23-13-8-9-17-15(12-13)22(29)14-4-1-2-5-16(14)31-17/h1-2,4-5,8-12,26-27H,3,6-7H2,(H,23,25). The molecule has 0 aliphatic heterocycles. The fraction of sp³-hybridized carbons (Fsp3) is 0.136. The Kier molecular flexibility index (Phi) is 5.59. The molecule has 0 atom stereocenters. The van der Waals surface area contributed by atoms with E-state index in [1.165, 1.54) is 23.5 Å². The average Bonchev–Trinajstić information content (AvgIpc) is 3.06. The molecule has 0 unspecified atom stereocenters. The topological polar surface area (TPSA) is 118 Å². The van der Waals surface area contributed by atoms with Crippen molar-refractivity contribution in [3.8, 4) is 11.8 Å². The van der Waals surface area contributed by atoms with E-state index in [4.69, 9.17) is 4.84 Å². The van der Waals surface area contributed by atoms with Gasteiger partial charge in [0, 0.05) is 50.8 Å². The van der Waals surface area contributed by atoms with E-state index in [1.54, 1.807) is 24.3 Å². The Morgan fingerprint density at radius 2 is 1.65 bits per heavy atom. The molecule has 0 aliphatic carbocycles. The second-order valence-corrected chi connectivity index (χ2v) is 7.93. The number of nitrogens with one attached hydrogen (secondary N) is 1. The number of carbonyl (C=O) groups excluding carboxylic acids is 2. The molecule has 8 nitrogen and oxygen atoms in total. The SMILES string of the molecule is O=C(CCCC(=O)On1c(O)ccc1O)Nc1ccc2sc3ccccc3c(=O)c2c1. The van der Waals surface area contributed by atoms with Crippen molar-refractivity contribution in [2.75, 3.05) is 5.32 Å². The van der Waals surface area contributed by atoms with Crippen molar-refractivity contribution < 1.29 is 24.6 Å². The van der Waals surface area contributed by atoms with Crippen LogP contribution >= 0.6 is 11.3 Å². The van der Waals surface area contributed by atoms with Crippen LogP contribution in [0, 0.1) is 0 Å². The highest BCUT2D eigenvalue weighted by molar-refractivity contribution is 7.24. The lowest BCUT2D eigenvalue weighted by molar-refractivity contribution is -0.145. The number of hydrogen-bond donors (Lipinski definition) is 3. The van der Waals surface area contributed by atoms with Crippen LogP contribution in [-0.2, 0) is 9.59 Å². The Hall–Kier alpha value is -3.85. The van der Waals surface area contributed by atoms with Crippen molar-refractivity contribution in [3.05, 3.63) is 64.8 Å². The molecule has 0 saturated carbocycles. The smallest absolute Gasteiger partial charge is 0.333 e. The quantitative estimate of drug-likeness (QED) is 0.397. The monoisotopic (exact) mass is 438 g/mol. The van der Waals surface area contributed by atoms with Crippen LogP contribution in [0.3, 0.4) is 0 Å². The molecule has 0 radical (unpaired) electrons. The second kappa shape index (κ2) is 8.49. The predicted octanol–water partition coefficient (Wildman–Crippen LogP) is 3.39. The Morgan fingerprint density at radius 1 is 0.935 bits per heavy atom. The number of anilines is 1. The maximum atomic E-state index is 12.8. The Labute approximate surface area is 179 Å². The van der Waals surface area contributed by atoms with Crippen LogP contribution in [0.1, 0.15) is 19.3 Å². The summed E-state index contributed by atoms with van der Waals surface area (Å²) in [5, 5.41) is 22.8. The van der Waals surface area contributed by atoms with Gasteiger partial charge >= 0.3 is 5.97 Å². The Balaban J connectivity index is 1.37. The average molecular weight is 438 g/mol. The van der Waals surface area contributed by atoms with E-state index in [9.17, 15) is 24.6 Å². The molecule has 2 aromatic carbocycles. The first-order valence-electron chi connectivity index (χ1n) is 9.48. The molecule has 2 heterocycles. The summed E-state index contributed by atoms with van der Waals surface area (Å²) in [4.78, 5) is 41.6. The van der Waals surface area contributed by atoms with Gasteiger partial charge in [-0.1, -0.05) is 12.1 Å². The highest BCUT2D eigenvalue weighted by Crippen LogP contribution is 2.26. The molecule has 0 aliphatic rings. The van der Waals surface area contributed by atoms with Gasteiger partial charge in [0.1, 0.15) is 0 Å². The number of aromatic hydroxyl groups is 2. The summed E-state index contributed by atoms with van der Waals surface area (Å²) >= 11 is 1.51. The number of fused-ring (bicyclic) bond motifs is 2. The van der Waals surface area contributed by atoms with Crippen LogP contribution in [0.2, 0.25) is 0 Å². The van der Waals surface area contributed by atoms with E-state index < -0.39 is 17.7 Å². The van der Waals surface area contributed by atoms with Crippen molar-refractivity contribution in [2.45, 2.75) is 19.3 Å². The molecule has 0 spiro atoms. The predicted molar refractivity (Wildman–Crippen MR) is 117 cm³/mol. The lowest BCUT2D eigenvalue weighted by Gasteiger charge is -2.08. The zero-order valence-electron chi connectivity index (χ0n) is 16.2. The van der Waals surface area contributed by atoms with Crippen LogP contribution in [0.4, 0.5) is 5.69 Å². The number of aromatic nitrogens is 1. The summed E-state index contributed by atoms with van der Waals surface area (Å²) in [6.45, 7) is 0.